The Morgan fingerprint density at radius 3 is 2.38 bits per heavy atom. The third-order valence-electron chi connectivity index (χ3n) is 11.6. The Balaban J connectivity index is 1.05. The normalized spacial score (nSPS) is 17.2. The van der Waals surface area contributed by atoms with Gasteiger partial charge in [-0.15, -0.1) is 5.10 Å². The number of amides is 5. The summed E-state index contributed by atoms with van der Waals surface area (Å²) in [5.74, 6) is -1.25. The van der Waals surface area contributed by atoms with Crippen LogP contribution in [0, 0.1) is 0 Å². The summed E-state index contributed by atoms with van der Waals surface area (Å²) < 4.78 is 36.2. The highest BCUT2D eigenvalue weighted by Crippen LogP contribution is 2.47. The fourth-order valence-electron chi connectivity index (χ4n) is 8.11. The number of unbranched alkanes of at least 4 members (excludes halogenated alkanes) is 5. The predicted molar refractivity (Wildman–Crippen MR) is 261 cm³/mol. The molecule has 3 aromatic rings. The number of likely N-dealkylation sites (N-methyl/N-ethyl adjacent to an activating group) is 1. The van der Waals surface area contributed by atoms with Crippen molar-refractivity contribution < 1.29 is 52.0 Å². The molecule has 372 valence electrons. The molecule has 1 saturated heterocycles. The highest BCUT2D eigenvalue weighted by Gasteiger charge is 2.39. The molecule has 1 aromatic heterocycles. The zero-order chi connectivity index (χ0) is 49.8. The Hall–Kier alpha value is -4.91. The van der Waals surface area contributed by atoms with Crippen LogP contribution in [0.1, 0.15) is 97.0 Å². The van der Waals surface area contributed by atoms with Gasteiger partial charge in [-0.3, -0.25) is 33.0 Å². The van der Waals surface area contributed by atoms with E-state index in [-0.39, 0.29) is 101 Å². The molecule has 19 nitrogen and oxygen atoms in total. The van der Waals surface area contributed by atoms with Gasteiger partial charge >= 0.3 is 7.82 Å². The van der Waals surface area contributed by atoms with Gasteiger partial charge in [0.25, 0.3) is 0 Å². The molecule has 0 saturated carbocycles. The number of anilines is 1. The predicted octanol–water partition coefficient (Wildman–Crippen LogP) is 4.35. The van der Waals surface area contributed by atoms with E-state index in [0.29, 0.717) is 63.1 Å². The minimum Gasteiger partial charge on any atom is -0.380 e. The molecular formula is C47H67B2N8O11P. The van der Waals surface area contributed by atoms with Crippen LogP contribution < -0.4 is 20.9 Å². The molecule has 69 heavy (non-hydrogen) atoms. The number of aromatic nitrogens is 3. The number of phosphoric ester groups is 1. The lowest BCUT2D eigenvalue weighted by molar-refractivity contribution is -0.134. The zero-order valence-corrected chi connectivity index (χ0v) is 41.0. The van der Waals surface area contributed by atoms with Crippen LogP contribution in [-0.4, -0.2) is 140 Å². The van der Waals surface area contributed by atoms with E-state index in [9.17, 15) is 33.4 Å². The van der Waals surface area contributed by atoms with Crippen molar-refractivity contribution in [2.24, 2.45) is 0 Å². The fourth-order valence-corrected chi connectivity index (χ4v) is 9.10. The van der Waals surface area contributed by atoms with Crippen molar-refractivity contribution in [2.75, 3.05) is 50.8 Å². The number of benzene rings is 2. The molecule has 5 rings (SSSR count). The van der Waals surface area contributed by atoms with Gasteiger partial charge in [0.15, 0.2) is 0 Å². The zero-order valence-electron chi connectivity index (χ0n) is 40.1. The van der Waals surface area contributed by atoms with Crippen LogP contribution in [0.3, 0.4) is 0 Å². The maximum absolute atomic E-state index is 14.0. The number of fused-ring (bicyclic) bond motifs is 5. The summed E-state index contributed by atoms with van der Waals surface area (Å²) in [6.45, 7) is 7.71. The van der Waals surface area contributed by atoms with Crippen LogP contribution in [0.5, 0.6) is 0 Å². The summed E-state index contributed by atoms with van der Waals surface area (Å²) in [5, 5.41) is 17.6. The average molecular weight is 973 g/mol. The van der Waals surface area contributed by atoms with Gasteiger partial charge < -0.3 is 40.1 Å². The van der Waals surface area contributed by atoms with E-state index in [4.69, 9.17) is 34.2 Å². The molecular weight excluding hydrogens is 905 g/mol. The van der Waals surface area contributed by atoms with Gasteiger partial charge in [-0.2, -0.15) is 0 Å². The van der Waals surface area contributed by atoms with Crippen molar-refractivity contribution in [3.63, 3.8) is 0 Å². The van der Waals surface area contributed by atoms with Crippen LogP contribution in [0.25, 0.3) is 22.5 Å². The summed E-state index contributed by atoms with van der Waals surface area (Å²) in [5.41, 5.74) is 4.68. The molecule has 2 aliphatic heterocycles. The summed E-state index contributed by atoms with van der Waals surface area (Å²) >= 11 is 0. The summed E-state index contributed by atoms with van der Waals surface area (Å²) in [6.07, 6.45) is 3.76. The molecule has 4 radical (unpaired) electrons. The Bertz CT molecular complexity index is 2220. The van der Waals surface area contributed by atoms with Gasteiger partial charge in [0.2, 0.25) is 29.5 Å². The quantitative estimate of drug-likeness (QED) is 0.0431. The largest absolute Gasteiger partial charge is 0.472 e. The van der Waals surface area contributed by atoms with Gasteiger partial charge in [-0.25, -0.2) is 9.25 Å². The van der Waals surface area contributed by atoms with E-state index in [1.807, 2.05) is 67.1 Å². The highest BCUT2D eigenvalue weighted by molar-refractivity contribution is 7.47. The van der Waals surface area contributed by atoms with Crippen LogP contribution in [0.4, 0.5) is 5.69 Å². The number of para-hydroxylation sites is 1. The molecule has 4 atom stereocenters. The number of hydrogen-bond acceptors (Lipinski definition) is 12. The molecule has 22 heteroatoms. The van der Waals surface area contributed by atoms with Crippen LogP contribution in [0.15, 0.2) is 48.5 Å². The maximum Gasteiger partial charge on any atom is 0.472 e. The first kappa shape index (κ1) is 55.0. The van der Waals surface area contributed by atoms with Gasteiger partial charge in [0.1, 0.15) is 19.6 Å². The van der Waals surface area contributed by atoms with Crippen LogP contribution in [0.2, 0.25) is 6.32 Å². The third-order valence-corrected chi connectivity index (χ3v) is 12.7. The summed E-state index contributed by atoms with van der Waals surface area (Å²) in [4.78, 5) is 77.0. The Kier molecular flexibility index (Phi) is 22.4. The maximum atomic E-state index is 14.0. The number of phosphoric acid groups is 1. The lowest BCUT2D eigenvalue weighted by Crippen LogP contribution is -2.44. The number of aryl methyl sites for hydroxylation is 1. The Morgan fingerprint density at radius 2 is 1.61 bits per heavy atom. The molecule has 0 bridgehead atoms. The molecule has 5 amide bonds. The Morgan fingerprint density at radius 1 is 0.899 bits per heavy atom. The minimum atomic E-state index is -4.33. The van der Waals surface area contributed by atoms with Crippen LogP contribution >= 0.6 is 7.82 Å². The smallest absolute Gasteiger partial charge is 0.380 e. The van der Waals surface area contributed by atoms with Gasteiger partial charge in [0, 0.05) is 69.1 Å². The first-order valence-electron chi connectivity index (χ1n) is 24.1. The molecule has 1 fully saturated rings. The molecule has 0 aliphatic carbocycles. The van der Waals surface area contributed by atoms with Crippen molar-refractivity contribution in [3.8, 4) is 22.5 Å². The number of nitrogens with zero attached hydrogens (tertiary/aromatic N) is 5. The number of rotatable bonds is 29. The van der Waals surface area contributed by atoms with E-state index in [0.717, 1.165) is 41.6 Å². The highest BCUT2D eigenvalue weighted by atomic mass is 31.2. The minimum absolute atomic E-state index is 0.00484. The van der Waals surface area contributed by atoms with Crippen molar-refractivity contribution in [2.45, 2.75) is 135 Å². The van der Waals surface area contributed by atoms with E-state index in [2.05, 4.69) is 26.3 Å². The second-order valence-electron chi connectivity index (χ2n) is 17.3. The summed E-state index contributed by atoms with van der Waals surface area (Å²) in [7, 11) is 7.04. The van der Waals surface area contributed by atoms with E-state index in [1.165, 1.54) is 4.90 Å². The van der Waals surface area contributed by atoms with E-state index < -0.39 is 26.0 Å². The lowest BCUT2D eigenvalue weighted by atomic mass is 9.95. The van der Waals surface area contributed by atoms with Gasteiger partial charge in [0.05, 0.1) is 57.7 Å². The monoisotopic (exact) mass is 972 g/mol. The number of nitrogens with one attached hydrogen (secondary N) is 3. The molecule has 3 heterocycles. The van der Waals surface area contributed by atoms with Crippen LogP contribution in [-0.2, 0) is 60.1 Å². The third kappa shape index (κ3) is 17.5. The topological polar surface area (TPSA) is 233 Å². The second-order valence-corrected chi connectivity index (χ2v) is 18.7. The first-order chi connectivity index (χ1) is 33.2. The molecule has 4 N–H and O–H groups in total. The number of carbonyl (C=O) groups excluding carboxylic acids is 5. The first-order valence-corrected chi connectivity index (χ1v) is 25.6. The van der Waals surface area contributed by atoms with Crippen molar-refractivity contribution >= 4 is 58.7 Å². The Labute approximate surface area is 407 Å². The fraction of sp³-hybridized carbons (Fsp3) is 0.596. The summed E-state index contributed by atoms with van der Waals surface area (Å²) in [6, 6.07) is 14.8. The number of carbonyl (C=O) groups is 5. The number of ether oxygens (including phenoxy) is 2. The SMILES string of the molecule is [B]CC(=O)N(CCNC(=O)CCCCCn1nnc2c1-c1ccccc1CN(C(=O)CCC(=O)NCCCCCCOP(=O)(O)OC1C[C@H]([B])O[C@@H]1COC(C)C)c1ccccc1-2)CC(=O)NCC. The molecule has 0 spiro atoms. The van der Waals surface area contributed by atoms with Gasteiger partial charge in [-0.05, 0) is 70.8 Å². The second kappa shape index (κ2) is 28.1. The molecule has 2 unspecified atom stereocenters. The van der Waals surface area contributed by atoms with Gasteiger partial charge in [-0.1, -0.05) is 66.9 Å². The van der Waals surface area contributed by atoms with Crippen molar-refractivity contribution in [1.82, 2.24) is 35.8 Å². The van der Waals surface area contributed by atoms with E-state index in [1.54, 1.807) is 11.8 Å². The number of hydrogen-bond donors (Lipinski definition) is 4. The van der Waals surface area contributed by atoms with Crippen molar-refractivity contribution in [3.05, 3.63) is 54.1 Å². The lowest BCUT2D eigenvalue weighted by Gasteiger charge is -2.28. The standard InChI is InChI=1S/C47H67B2N8O11P/c1-4-50-43(60)31-55(45(62)29-48)26-24-52-41(58)20-8-7-14-25-57-47-35-17-10-9-16-34(35)30-56(37-19-12-11-18-36(37)46(47)53-54-57)44(61)22-21-42(59)51-23-13-5-6-15-27-66-69(63,64)68-38-28-40(49)67-39(38)32-65-33(2)3/h9-12,16-19,33,38-40H,4-8,13-15,20-32H2,1-3H3,(H,50,60)(H,51,59)(H,52,58)(H,63,64)/t38?,39-,40-/m1/s1. The molecule has 2 aromatic carbocycles. The molecule has 2 aliphatic rings. The van der Waals surface area contributed by atoms with E-state index >= 15 is 0 Å². The average Bonchev–Trinajstić information content (AvgIpc) is 3.89. The van der Waals surface area contributed by atoms with Crippen molar-refractivity contribution in [1.29, 1.82) is 0 Å².